The zero-order valence-corrected chi connectivity index (χ0v) is 20.2. The third-order valence-electron chi connectivity index (χ3n) is 4.58. The summed E-state index contributed by atoms with van der Waals surface area (Å²) in [6.07, 6.45) is 0. The quantitative estimate of drug-likeness (QED) is 0.271. The largest absolute Gasteiger partial charge is 0.0589 e. The summed E-state index contributed by atoms with van der Waals surface area (Å²) < 4.78 is 0. The minimum Gasteiger partial charge on any atom is -0.0589 e. The first-order valence-electron chi connectivity index (χ1n) is 8.14. The fourth-order valence-corrected chi connectivity index (χ4v) is 4.94. The Morgan fingerprint density at radius 3 is 0.913 bits per heavy atom. The molecule has 0 fully saturated rings. The van der Waals surface area contributed by atoms with E-state index in [2.05, 4.69) is 76.2 Å². The van der Waals surface area contributed by atoms with Gasteiger partial charge in [0.25, 0.3) is 0 Å². The molecule has 1 heterocycles. The maximum Gasteiger partial charge on any atom is 0.0226 e. The Hall–Kier alpha value is 0.443. The van der Waals surface area contributed by atoms with Crippen molar-refractivity contribution in [1.29, 1.82) is 0 Å². The van der Waals surface area contributed by atoms with Crippen molar-refractivity contribution in [2.75, 3.05) is 0 Å². The van der Waals surface area contributed by atoms with Gasteiger partial charge in [-0.2, -0.15) is 0 Å². The zero-order chi connectivity index (χ0) is 17.5. The van der Waals surface area contributed by atoms with E-state index in [0.29, 0.717) is 10.8 Å². The summed E-state index contributed by atoms with van der Waals surface area (Å²) in [7, 11) is 3.04. The summed E-state index contributed by atoms with van der Waals surface area (Å²) >= 11 is 0. The molecule has 0 atom stereocenters. The molecule has 1 aliphatic carbocycles. The van der Waals surface area contributed by atoms with Gasteiger partial charge in [-0.05, 0) is 49.7 Å². The Balaban J connectivity index is 0.000000409. The van der Waals surface area contributed by atoms with E-state index in [0.717, 1.165) is 0 Å². The van der Waals surface area contributed by atoms with Gasteiger partial charge in [-0.3, -0.25) is 0 Å². The average molecular weight is 438 g/mol. The molecule has 23 heavy (non-hydrogen) atoms. The normalized spacial score (nSPS) is 20.1. The first kappa shape index (κ1) is 23.4. The summed E-state index contributed by atoms with van der Waals surface area (Å²) in [5, 5.41) is 3.35. The molecule has 0 amide bonds. The van der Waals surface area contributed by atoms with Crippen molar-refractivity contribution in [2.45, 2.75) is 76.2 Å². The van der Waals surface area contributed by atoms with Crippen molar-refractivity contribution >= 4 is 26.5 Å². The number of hydrogen-bond donors (Lipinski definition) is 0. The SMILES string of the molecule is CC(C)(C)C1=PC(C(C)(C)C)=P1.C[C]1C(C)=C(C)C(C)=C1C.[Rh]. The van der Waals surface area contributed by atoms with Crippen LogP contribution in [0.25, 0.3) is 0 Å². The monoisotopic (exact) mass is 438 g/mol. The Bertz CT molecular complexity index is 518. The van der Waals surface area contributed by atoms with Gasteiger partial charge in [0.05, 0.1) is 0 Å². The molecule has 1 aliphatic heterocycles. The zero-order valence-electron chi connectivity index (χ0n) is 16.7. The molecular formula is C20H33P2Rh. The minimum absolute atomic E-state index is 0. The van der Waals surface area contributed by atoms with Crippen LogP contribution in [0.1, 0.15) is 76.2 Å². The van der Waals surface area contributed by atoms with E-state index < -0.39 is 0 Å². The molecule has 0 bridgehead atoms. The van der Waals surface area contributed by atoms with Gasteiger partial charge in [0.1, 0.15) is 0 Å². The molecule has 2 aliphatic rings. The average Bonchev–Trinajstić information content (AvgIpc) is 2.42. The molecule has 0 aromatic heterocycles. The topological polar surface area (TPSA) is 0 Å². The van der Waals surface area contributed by atoms with Gasteiger partial charge in [-0.15, -0.1) is 0 Å². The third-order valence-corrected chi connectivity index (χ3v) is 9.31. The molecule has 3 heteroatoms. The predicted molar refractivity (Wildman–Crippen MR) is 108 cm³/mol. The Morgan fingerprint density at radius 1 is 0.522 bits per heavy atom. The van der Waals surface area contributed by atoms with Crippen LogP contribution in [-0.2, 0) is 19.5 Å². The van der Waals surface area contributed by atoms with Crippen molar-refractivity contribution in [3.8, 4) is 0 Å². The first-order valence-corrected chi connectivity index (χ1v) is 9.93. The molecule has 0 saturated carbocycles. The van der Waals surface area contributed by atoms with Crippen LogP contribution in [0.15, 0.2) is 22.3 Å². The van der Waals surface area contributed by atoms with E-state index in [4.69, 9.17) is 0 Å². The second-order valence-electron chi connectivity index (χ2n) is 8.50. The molecule has 0 aromatic rings. The fourth-order valence-electron chi connectivity index (χ4n) is 2.28. The molecule has 0 aromatic carbocycles. The molecule has 2 radical (unpaired) electrons. The predicted octanol–water partition coefficient (Wildman–Crippen LogP) is 7.51. The van der Waals surface area contributed by atoms with E-state index in [1.54, 1.807) is 10.1 Å². The van der Waals surface area contributed by atoms with E-state index in [9.17, 15) is 0 Å². The van der Waals surface area contributed by atoms with Gasteiger partial charge >= 0.3 is 0 Å². The fraction of sp³-hybridized carbons (Fsp3) is 0.650. The molecule has 2 rings (SSSR count). The third kappa shape index (κ3) is 5.73. The number of hydrogen-bond acceptors (Lipinski definition) is 0. The van der Waals surface area contributed by atoms with Crippen LogP contribution in [-0.4, -0.2) is 10.1 Å². The molecule has 0 saturated heterocycles. The van der Waals surface area contributed by atoms with E-state index in [1.807, 2.05) is 0 Å². The summed E-state index contributed by atoms with van der Waals surface area (Å²) in [4.78, 5) is 0. The van der Waals surface area contributed by atoms with E-state index in [-0.39, 0.29) is 19.5 Å². The van der Waals surface area contributed by atoms with Gasteiger partial charge in [0.2, 0.25) is 0 Å². The molecule has 0 nitrogen and oxygen atoms in total. The smallest absolute Gasteiger partial charge is 0.0226 e. The van der Waals surface area contributed by atoms with Crippen LogP contribution in [0.4, 0.5) is 0 Å². The van der Waals surface area contributed by atoms with Crippen LogP contribution >= 0.6 is 16.4 Å². The maximum absolute atomic E-state index is 2.31. The van der Waals surface area contributed by atoms with Crippen molar-refractivity contribution in [3.05, 3.63) is 28.2 Å². The molecule has 132 valence electrons. The van der Waals surface area contributed by atoms with Crippen molar-refractivity contribution in [1.82, 2.24) is 0 Å². The van der Waals surface area contributed by atoms with Crippen LogP contribution < -0.4 is 0 Å². The number of allylic oxidation sites excluding steroid dienone is 4. The summed E-state index contributed by atoms with van der Waals surface area (Å²) in [5.74, 6) is 1.47. The second kappa shape index (κ2) is 8.21. The Morgan fingerprint density at radius 2 is 0.783 bits per heavy atom. The molecule has 0 N–H and O–H groups in total. The summed E-state index contributed by atoms with van der Waals surface area (Å²) in [6.45, 7) is 24.8. The van der Waals surface area contributed by atoms with Crippen LogP contribution in [0, 0.1) is 16.7 Å². The van der Waals surface area contributed by atoms with Crippen LogP contribution in [0.2, 0.25) is 0 Å². The number of rotatable bonds is 0. The molecular weight excluding hydrogens is 405 g/mol. The standard InChI is InChI=1S/C10H18P2.C10H15.Rh/c1-9(2,3)7-11-8(12-7)10(4,5)6;1-6-7(2)9(4)10(5)8(6)3;/h1-6H3;1-5H3;. The van der Waals surface area contributed by atoms with Gasteiger partial charge in [-0.25, -0.2) is 0 Å². The van der Waals surface area contributed by atoms with Gasteiger partial charge in [-0.1, -0.05) is 76.0 Å². The Kier molecular flexibility index (Phi) is 8.37. The van der Waals surface area contributed by atoms with Crippen LogP contribution in [0.3, 0.4) is 0 Å². The molecule has 0 spiro atoms. The second-order valence-corrected chi connectivity index (χ2v) is 11.4. The van der Waals surface area contributed by atoms with Gasteiger partial charge in [0, 0.05) is 35.5 Å². The summed E-state index contributed by atoms with van der Waals surface area (Å²) in [6, 6.07) is 0. The maximum atomic E-state index is 2.31. The van der Waals surface area contributed by atoms with Gasteiger partial charge in [0.15, 0.2) is 0 Å². The van der Waals surface area contributed by atoms with Crippen molar-refractivity contribution < 1.29 is 19.5 Å². The van der Waals surface area contributed by atoms with Crippen molar-refractivity contribution in [2.24, 2.45) is 10.8 Å². The van der Waals surface area contributed by atoms with Gasteiger partial charge < -0.3 is 0 Å². The Labute approximate surface area is 161 Å². The summed E-state index contributed by atoms with van der Waals surface area (Å²) in [5.41, 5.74) is 6.70. The van der Waals surface area contributed by atoms with E-state index in [1.165, 1.54) is 44.6 Å². The molecule has 0 unspecified atom stereocenters. The van der Waals surface area contributed by atoms with E-state index >= 15 is 0 Å². The minimum atomic E-state index is 0. The first-order chi connectivity index (χ1) is 9.76. The van der Waals surface area contributed by atoms with Crippen LogP contribution in [0.5, 0.6) is 0 Å². The van der Waals surface area contributed by atoms with Crippen molar-refractivity contribution in [3.63, 3.8) is 0 Å².